The van der Waals surface area contributed by atoms with Gasteiger partial charge in [-0.3, -0.25) is 4.79 Å². The molecular weight excluding hydrogens is 282 g/mol. The number of hydrogen-bond acceptors (Lipinski definition) is 4. The number of nitrogens with one attached hydrogen (secondary N) is 1. The minimum absolute atomic E-state index is 0.119. The Labute approximate surface area is 122 Å². The molecule has 1 atom stereocenters. The molecule has 0 fully saturated rings. The number of anilines is 1. The lowest BCUT2D eigenvalue weighted by Gasteiger charge is -2.17. The maximum absolute atomic E-state index is 12.4. The van der Waals surface area contributed by atoms with Crippen LogP contribution in [-0.2, 0) is 4.79 Å². The van der Waals surface area contributed by atoms with Gasteiger partial charge in [-0.1, -0.05) is 13.3 Å². The van der Waals surface area contributed by atoms with Crippen LogP contribution in [0.4, 0.5) is 14.5 Å². The van der Waals surface area contributed by atoms with E-state index in [1.54, 1.807) is 0 Å². The zero-order valence-electron chi connectivity index (χ0n) is 12.1. The lowest BCUT2D eigenvalue weighted by molar-refractivity contribution is -0.119. The number of benzene rings is 1. The lowest BCUT2D eigenvalue weighted by atomic mass is 10.0. The molecule has 0 radical (unpaired) electrons. The van der Waals surface area contributed by atoms with Crippen molar-refractivity contribution in [2.75, 3.05) is 19.0 Å². The Balaban J connectivity index is 2.95. The molecule has 5 nitrogen and oxygen atoms in total. The van der Waals surface area contributed by atoms with E-state index in [9.17, 15) is 13.6 Å². The molecule has 1 rings (SSSR count). The van der Waals surface area contributed by atoms with Crippen molar-refractivity contribution >= 4 is 11.6 Å². The summed E-state index contributed by atoms with van der Waals surface area (Å²) < 4.78 is 34.2. The van der Waals surface area contributed by atoms with E-state index >= 15 is 0 Å². The van der Waals surface area contributed by atoms with E-state index in [2.05, 4.69) is 10.1 Å². The highest BCUT2D eigenvalue weighted by molar-refractivity contribution is 5.94. The maximum atomic E-state index is 12.4. The number of carbonyl (C=O) groups is 1. The first kappa shape index (κ1) is 17.2. The van der Waals surface area contributed by atoms with Crippen LogP contribution < -0.4 is 20.5 Å². The second-order valence-corrected chi connectivity index (χ2v) is 4.45. The summed E-state index contributed by atoms with van der Waals surface area (Å²) in [5, 5.41) is 2.57. The second kappa shape index (κ2) is 8.41. The molecule has 3 N–H and O–H groups in total. The number of methoxy groups -OCH3 is 1. The van der Waals surface area contributed by atoms with Gasteiger partial charge in [0.25, 0.3) is 0 Å². The number of alkyl halides is 2. The van der Waals surface area contributed by atoms with Crippen molar-refractivity contribution in [2.24, 2.45) is 11.7 Å². The van der Waals surface area contributed by atoms with Crippen molar-refractivity contribution in [1.82, 2.24) is 0 Å². The molecule has 21 heavy (non-hydrogen) atoms. The summed E-state index contributed by atoms with van der Waals surface area (Å²) >= 11 is 0. The SMILES string of the molecule is CCCC(CN)C(=O)Nc1cc(OC)ccc1OC(F)F. The molecule has 1 aromatic carbocycles. The van der Waals surface area contributed by atoms with E-state index < -0.39 is 6.61 Å². The highest BCUT2D eigenvalue weighted by atomic mass is 19.3. The van der Waals surface area contributed by atoms with Crippen LogP contribution in [-0.4, -0.2) is 26.2 Å². The Morgan fingerprint density at radius 3 is 2.67 bits per heavy atom. The predicted octanol–water partition coefficient (Wildman–Crippen LogP) is 2.61. The first-order valence-corrected chi connectivity index (χ1v) is 6.65. The Morgan fingerprint density at radius 2 is 2.14 bits per heavy atom. The number of nitrogens with two attached hydrogens (primary N) is 1. The van der Waals surface area contributed by atoms with E-state index in [4.69, 9.17) is 10.5 Å². The molecule has 0 heterocycles. The van der Waals surface area contributed by atoms with Gasteiger partial charge >= 0.3 is 6.61 Å². The molecule has 0 spiro atoms. The lowest BCUT2D eigenvalue weighted by Crippen LogP contribution is -2.29. The van der Waals surface area contributed by atoms with Crippen LogP contribution in [0.1, 0.15) is 19.8 Å². The molecule has 7 heteroatoms. The zero-order chi connectivity index (χ0) is 15.8. The Morgan fingerprint density at radius 1 is 1.43 bits per heavy atom. The van der Waals surface area contributed by atoms with Gasteiger partial charge < -0.3 is 20.5 Å². The molecule has 118 valence electrons. The molecular formula is C14H20F2N2O3. The number of carbonyl (C=O) groups excluding carboxylic acids is 1. The Bertz CT molecular complexity index is 470. The summed E-state index contributed by atoms with van der Waals surface area (Å²) in [6.45, 7) is -0.850. The van der Waals surface area contributed by atoms with Gasteiger partial charge in [-0.2, -0.15) is 8.78 Å². The highest BCUT2D eigenvalue weighted by Gasteiger charge is 2.19. The Kier molecular flexibility index (Phi) is 6.87. The fourth-order valence-electron chi connectivity index (χ4n) is 1.87. The van der Waals surface area contributed by atoms with Gasteiger partial charge in [-0.05, 0) is 18.6 Å². The maximum Gasteiger partial charge on any atom is 0.387 e. The normalized spacial score (nSPS) is 12.1. The fourth-order valence-corrected chi connectivity index (χ4v) is 1.87. The number of ether oxygens (including phenoxy) is 2. The van der Waals surface area contributed by atoms with E-state index in [1.807, 2.05) is 6.92 Å². The summed E-state index contributed by atoms with van der Waals surface area (Å²) in [6, 6.07) is 4.22. The van der Waals surface area contributed by atoms with Crippen molar-refractivity contribution in [1.29, 1.82) is 0 Å². The molecule has 0 saturated carbocycles. The molecule has 1 amide bonds. The minimum Gasteiger partial charge on any atom is -0.497 e. The van der Waals surface area contributed by atoms with Crippen LogP contribution in [0.15, 0.2) is 18.2 Å². The third-order valence-corrected chi connectivity index (χ3v) is 2.95. The number of rotatable bonds is 8. The van der Waals surface area contributed by atoms with E-state index in [1.165, 1.54) is 25.3 Å². The number of halogens is 2. The van der Waals surface area contributed by atoms with Crippen molar-refractivity contribution in [3.8, 4) is 11.5 Å². The van der Waals surface area contributed by atoms with Crippen molar-refractivity contribution in [2.45, 2.75) is 26.4 Å². The van der Waals surface area contributed by atoms with Gasteiger partial charge in [-0.25, -0.2) is 0 Å². The number of amides is 1. The van der Waals surface area contributed by atoms with Crippen LogP contribution in [0, 0.1) is 5.92 Å². The fraction of sp³-hybridized carbons (Fsp3) is 0.500. The topological polar surface area (TPSA) is 73.6 Å². The summed E-state index contributed by atoms with van der Waals surface area (Å²) in [7, 11) is 1.44. The first-order valence-electron chi connectivity index (χ1n) is 6.65. The van der Waals surface area contributed by atoms with Gasteiger partial charge in [0.05, 0.1) is 18.7 Å². The van der Waals surface area contributed by atoms with Crippen molar-refractivity contribution in [3.63, 3.8) is 0 Å². The van der Waals surface area contributed by atoms with Crippen LogP contribution in [0.5, 0.6) is 11.5 Å². The molecule has 0 aliphatic carbocycles. The van der Waals surface area contributed by atoms with Crippen molar-refractivity contribution < 1.29 is 23.0 Å². The summed E-state index contributed by atoms with van der Waals surface area (Å²) in [5.41, 5.74) is 5.69. The van der Waals surface area contributed by atoms with Crippen LogP contribution in [0.3, 0.4) is 0 Å². The smallest absolute Gasteiger partial charge is 0.387 e. The standard InChI is InChI=1S/C14H20F2N2O3/c1-3-4-9(8-17)13(19)18-11-7-10(20-2)5-6-12(11)21-14(15)16/h5-7,9,14H,3-4,8,17H2,1-2H3,(H,18,19). The molecule has 0 aliphatic heterocycles. The van der Waals surface area contributed by atoms with Gasteiger partial charge in [0, 0.05) is 12.6 Å². The third kappa shape index (κ3) is 5.18. The molecule has 0 aromatic heterocycles. The van der Waals surface area contributed by atoms with Gasteiger partial charge in [0.2, 0.25) is 5.91 Å². The molecule has 1 unspecified atom stereocenters. The third-order valence-electron chi connectivity index (χ3n) is 2.95. The summed E-state index contributed by atoms with van der Waals surface area (Å²) in [5.74, 6) is -0.398. The van der Waals surface area contributed by atoms with Crippen LogP contribution in [0.2, 0.25) is 0 Å². The largest absolute Gasteiger partial charge is 0.497 e. The average Bonchev–Trinajstić information content (AvgIpc) is 2.45. The second-order valence-electron chi connectivity index (χ2n) is 4.45. The van der Waals surface area contributed by atoms with Crippen LogP contribution >= 0.6 is 0 Å². The molecule has 1 aromatic rings. The van der Waals surface area contributed by atoms with E-state index in [0.717, 1.165) is 6.42 Å². The van der Waals surface area contributed by atoms with Gasteiger partial charge in [0.1, 0.15) is 11.5 Å². The molecule has 0 saturated heterocycles. The van der Waals surface area contributed by atoms with Gasteiger partial charge in [0.15, 0.2) is 0 Å². The van der Waals surface area contributed by atoms with E-state index in [-0.39, 0.29) is 29.8 Å². The summed E-state index contributed by atoms with van der Waals surface area (Å²) in [4.78, 5) is 12.1. The quantitative estimate of drug-likeness (QED) is 0.774. The molecule has 0 bridgehead atoms. The average molecular weight is 302 g/mol. The minimum atomic E-state index is -2.98. The first-order chi connectivity index (χ1) is 10.0. The monoisotopic (exact) mass is 302 g/mol. The van der Waals surface area contributed by atoms with Gasteiger partial charge in [-0.15, -0.1) is 0 Å². The number of hydrogen-bond donors (Lipinski definition) is 2. The predicted molar refractivity (Wildman–Crippen MR) is 75.7 cm³/mol. The zero-order valence-corrected chi connectivity index (χ0v) is 12.1. The van der Waals surface area contributed by atoms with E-state index in [0.29, 0.717) is 12.2 Å². The van der Waals surface area contributed by atoms with Crippen molar-refractivity contribution in [3.05, 3.63) is 18.2 Å². The summed E-state index contributed by atoms with van der Waals surface area (Å²) in [6.07, 6.45) is 1.42. The van der Waals surface area contributed by atoms with Crippen LogP contribution in [0.25, 0.3) is 0 Å². The molecule has 0 aliphatic rings. The highest BCUT2D eigenvalue weighted by Crippen LogP contribution is 2.31. The Hall–Kier alpha value is -1.89.